The topological polar surface area (TPSA) is 122 Å². The first-order valence-electron chi connectivity index (χ1n) is 7.19. The van der Waals surface area contributed by atoms with Gasteiger partial charge in [0.1, 0.15) is 0 Å². The summed E-state index contributed by atoms with van der Waals surface area (Å²) in [6.45, 7) is -0.0632. The number of rotatable bonds is 3. The first-order valence-corrected chi connectivity index (χ1v) is 7.19. The molecule has 0 aliphatic heterocycles. The van der Waals surface area contributed by atoms with Crippen LogP contribution in [0.2, 0.25) is 0 Å². The molecule has 0 radical (unpaired) electrons. The van der Waals surface area contributed by atoms with Crippen molar-refractivity contribution < 1.29 is 4.92 Å². The second-order valence-corrected chi connectivity index (χ2v) is 5.51. The van der Waals surface area contributed by atoms with Crippen LogP contribution in [0, 0.1) is 10.1 Å². The molecule has 0 N–H and O–H groups in total. The zero-order chi connectivity index (χ0) is 18.3. The third-order valence-corrected chi connectivity index (χ3v) is 3.98. The highest BCUT2D eigenvalue weighted by atomic mass is 16.6. The third kappa shape index (κ3) is 2.73. The molecule has 2 heterocycles. The number of benzene rings is 1. The van der Waals surface area contributed by atoms with Crippen molar-refractivity contribution >= 4 is 16.6 Å². The zero-order valence-corrected chi connectivity index (χ0v) is 13.4. The van der Waals surface area contributed by atoms with Crippen LogP contribution in [-0.4, -0.2) is 23.6 Å². The maximum Gasteiger partial charge on any atom is 0.330 e. The van der Waals surface area contributed by atoms with Gasteiger partial charge in [0.05, 0.1) is 28.7 Å². The van der Waals surface area contributed by atoms with Gasteiger partial charge in [0.15, 0.2) is 0 Å². The SMILES string of the molecule is Cn1c(Cn2cnc3ccc([N+](=O)[O-])cc3c2=O)cc(=O)n(C)c1=O. The predicted octanol–water partition coefficient (Wildman–Crippen LogP) is -0.250. The summed E-state index contributed by atoms with van der Waals surface area (Å²) in [5, 5.41) is 11.0. The molecule has 0 amide bonds. The quantitative estimate of drug-likeness (QED) is 0.477. The molecule has 0 saturated heterocycles. The van der Waals surface area contributed by atoms with Crippen molar-refractivity contribution in [3.63, 3.8) is 0 Å². The fourth-order valence-corrected chi connectivity index (χ4v) is 2.48. The fraction of sp³-hybridized carbons (Fsp3) is 0.200. The Morgan fingerprint density at radius 1 is 1.12 bits per heavy atom. The first kappa shape index (κ1) is 16.3. The molecule has 2 aromatic heterocycles. The summed E-state index contributed by atoms with van der Waals surface area (Å²) in [6, 6.07) is 5.08. The Hall–Kier alpha value is -3.56. The normalized spacial score (nSPS) is 11.0. The third-order valence-electron chi connectivity index (χ3n) is 3.98. The summed E-state index contributed by atoms with van der Waals surface area (Å²) in [6.07, 6.45) is 1.28. The average molecular weight is 343 g/mol. The van der Waals surface area contributed by atoms with Gasteiger partial charge in [-0.15, -0.1) is 0 Å². The van der Waals surface area contributed by atoms with Crippen molar-refractivity contribution in [3.05, 3.63) is 77.6 Å². The summed E-state index contributed by atoms with van der Waals surface area (Å²) in [5.41, 5.74) is -1.08. The minimum atomic E-state index is -0.596. The molecule has 0 fully saturated rings. The number of hydrogen-bond acceptors (Lipinski definition) is 6. The smallest absolute Gasteiger partial charge is 0.299 e. The Bertz CT molecular complexity index is 1190. The molecule has 0 spiro atoms. The lowest BCUT2D eigenvalue weighted by Gasteiger charge is -2.11. The maximum absolute atomic E-state index is 12.6. The number of fused-ring (bicyclic) bond motifs is 1. The standard InChI is InChI=1S/C15H13N5O5/c1-17-10(6-13(21)18(2)15(17)23)7-19-8-16-12-4-3-9(20(24)25)5-11(12)14(19)22/h3-6,8H,7H2,1-2H3. The van der Waals surface area contributed by atoms with Crippen molar-refractivity contribution in [2.24, 2.45) is 14.1 Å². The van der Waals surface area contributed by atoms with E-state index in [1.54, 1.807) is 0 Å². The lowest BCUT2D eigenvalue weighted by Crippen LogP contribution is -2.39. The van der Waals surface area contributed by atoms with E-state index >= 15 is 0 Å². The Morgan fingerprint density at radius 2 is 1.84 bits per heavy atom. The summed E-state index contributed by atoms with van der Waals surface area (Å²) in [7, 11) is 2.85. The second kappa shape index (κ2) is 5.82. The Balaban J connectivity index is 2.16. The average Bonchev–Trinajstić information content (AvgIpc) is 2.59. The molecular formula is C15H13N5O5. The van der Waals surface area contributed by atoms with Gasteiger partial charge in [0.25, 0.3) is 16.8 Å². The van der Waals surface area contributed by atoms with Crippen LogP contribution in [0.3, 0.4) is 0 Å². The lowest BCUT2D eigenvalue weighted by molar-refractivity contribution is -0.384. The molecule has 0 aliphatic carbocycles. The van der Waals surface area contributed by atoms with Crippen LogP contribution in [0.25, 0.3) is 10.9 Å². The van der Waals surface area contributed by atoms with Crippen molar-refractivity contribution in [3.8, 4) is 0 Å². The molecule has 128 valence electrons. The van der Waals surface area contributed by atoms with Crippen LogP contribution >= 0.6 is 0 Å². The van der Waals surface area contributed by atoms with E-state index in [0.29, 0.717) is 11.2 Å². The Kier molecular flexibility index (Phi) is 3.79. The van der Waals surface area contributed by atoms with E-state index in [1.807, 2.05) is 0 Å². The van der Waals surface area contributed by atoms with Crippen molar-refractivity contribution in [2.45, 2.75) is 6.54 Å². The maximum atomic E-state index is 12.6. The molecule has 1 aromatic carbocycles. The minimum absolute atomic E-state index is 0.0632. The van der Waals surface area contributed by atoms with Gasteiger partial charge in [-0.2, -0.15) is 0 Å². The van der Waals surface area contributed by atoms with E-state index in [9.17, 15) is 24.5 Å². The molecule has 10 nitrogen and oxygen atoms in total. The van der Waals surface area contributed by atoms with Crippen LogP contribution in [0.15, 0.2) is 45.0 Å². The second-order valence-electron chi connectivity index (χ2n) is 5.51. The predicted molar refractivity (Wildman–Crippen MR) is 88.7 cm³/mol. The molecule has 10 heteroatoms. The number of nitrogens with zero attached hydrogens (tertiary/aromatic N) is 5. The van der Waals surface area contributed by atoms with Crippen LogP contribution in [0.4, 0.5) is 5.69 Å². The highest BCUT2D eigenvalue weighted by Gasteiger charge is 2.12. The largest absolute Gasteiger partial charge is 0.330 e. The summed E-state index contributed by atoms with van der Waals surface area (Å²) in [4.78, 5) is 50.7. The highest BCUT2D eigenvalue weighted by Crippen LogP contribution is 2.16. The molecule has 0 bridgehead atoms. The van der Waals surface area contributed by atoms with E-state index in [4.69, 9.17) is 0 Å². The molecule has 0 atom stereocenters. The monoisotopic (exact) mass is 343 g/mol. The summed E-state index contributed by atoms with van der Waals surface area (Å²) >= 11 is 0. The summed E-state index contributed by atoms with van der Waals surface area (Å²) < 4.78 is 3.40. The zero-order valence-electron chi connectivity index (χ0n) is 13.4. The van der Waals surface area contributed by atoms with E-state index in [-0.39, 0.29) is 17.6 Å². The van der Waals surface area contributed by atoms with Crippen molar-refractivity contribution in [2.75, 3.05) is 0 Å². The molecule has 25 heavy (non-hydrogen) atoms. The van der Waals surface area contributed by atoms with E-state index in [2.05, 4.69) is 4.98 Å². The molecule has 3 aromatic rings. The highest BCUT2D eigenvalue weighted by molar-refractivity contribution is 5.79. The molecule has 0 unspecified atom stereocenters. The molecular weight excluding hydrogens is 330 g/mol. The van der Waals surface area contributed by atoms with Crippen molar-refractivity contribution in [1.29, 1.82) is 0 Å². The van der Waals surface area contributed by atoms with Crippen LogP contribution in [0.1, 0.15) is 5.69 Å². The Labute approximate surface area is 139 Å². The number of aromatic nitrogens is 4. The van der Waals surface area contributed by atoms with Gasteiger partial charge in [-0.25, -0.2) is 9.78 Å². The van der Waals surface area contributed by atoms with Gasteiger partial charge in [-0.05, 0) is 6.07 Å². The van der Waals surface area contributed by atoms with Gasteiger partial charge >= 0.3 is 5.69 Å². The van der Waals surface area contributed by atoms with Gasteiger partial charge in [0, 0.05) is 38.0 Å². The van der Waals surface area contributed by atoms with E-state index in [1.165, 1.54) is 47.8 Å². The molecule has 0 saturated carbocycles. The van der Waals surface area contributed by atoms with Crippen LogP contribution in [-0.2, 0) is 20.6 Å². The first-order chi connectivity index (χ1) is 11.8. The van der Waals surface area contributed by atoms with E-state index in [0.717, 1.165) is 10.6 Å². The number of nitro groups is 1. The van der Waals surface area contributed by atoms with Crippen LogP contribution < -0.4 is 16.8 Å². The van der Waals surface area contributed by atoms with Crippen LogP contribution in [0.5, 0.6) is 0 Å². The Morgan fingerprint density at radius 3 is 2.52 bits per heavy atom. The molecule has 3 rings (SSSR count). The minimum Gasteiger partial charge on any atom is -0.299 e. The number of non-ortho nitro benzene ring substituents is 1. The van der Waals surface area contributed by atoms with Gasteiger partial charge in [0.2, 0.25) is 0 Å². The summed E-state index contributed by atoms with van der Waals surface area (Å²) in [5.74, 6) is 0. The number of nitro benzene ring substituents is 1. The van der Waals surface area contributed by atoms with E-state index < -0.39 is 21.7 Å². The fourth-order valence-electron chi connectivity index (χ4n) is 2.48. The lowest BCUT2D eigenvalue weighted by atomic mass is 10.2. The van der Waals surface area contributed by atoms with Gasteiger partial charge in [-0.3, -0.25) is 33.4 Å². The number of hydrogen-bond donors (Lipinski definition) is 0. The molecule has 0 aliphatic rings. The van der Waals surface area contributed by atoms with Gasteiger partial charge in [-0.1, -0.05) is 0 Å². The van der Waals surface area contributed by atoms with Crippen molar-refractivity contribution in [1.82, 2.24) is 18.7 Å². The van der Waals surface area contributed by atoms with Gasteiger partial charge < -0.3 is 0 Å².